The van der Waals surface area contributed by atoms with Crippen molar-refractivity contribution < 1.29 is 22.4 Å². The van der Waals surface area contributed by atoms with E-state index in [4.69, 9.17) is 0 Å². The van der Waals surface area contributed by atoms with E-state index < -0.39 is 23.8 Å². The number of imidazole rings is 1. The summed E-state index contributed by atoms with van der Waals surface area (Å²) in [4.78, 5) is 30.5. The summed E-state index contributed by atoms with van der Waals surface area (Å²) < 4.78 is 52.8. The van der Waals surface area contributed by atoms with Gasteiger partial charge in [-0.15, -0.1) is 0 Å². The van der Waals surface area contributed by atoms with Crippen molar-refractivity contribution in [3.8, 4) is 11.5 Å². The number of alkyl halides is 3. The molecule has 3 aromatic heterocycles. The van der Waals surface area contributed by atoms with Crippen LogP contribution in [-0.4, -0.2) is 36.4 Å². The maximum Gasteiger partial charge on any atom is 0.389 e. The lowest BCUT2D eigenvalue weighted by atomic mass is 9.77. The Hall–Kier alpha value is -3.89. The Balaban J connectivity index is 1.72. The Morgan fingerprint density at radius 1 is 1.26 bits per heavy atom. The SMILES string of the molecule is C=C/C(=C\C=C(/C)F)C1(C)C(=O)Nc2nc(-c3cn4ccnc4c(CCCC(F)(F)F)n3)ncc21. The van der Waals surface area contributed by atoms with Gasteiger partial charge in [0.1, 0.15) is 16.9 Å². The molecule has 0 aliphatic carbocycles. The molecule has 1 aliphatic rings. The number of nitrogens with one attached hydrogen (secondary N) is 1. The van der Waals surface area contributed by atoms with Crippen molar-refractivity contribution >= 4 is 17.4 Å². The molecule has 0 aromatic carbocycles. The van der Waals surface area contributed by atoms with Crippen molar-refractivity contribution in [1.82, 2.24) is 24.3 Å². The average Bonchev–Trinajstić information content (AvgIpc) is 3.36. The number of anilines is 1. The zero-order chi connectivity index (χ0) is 25.4. The fourth-order valence-electron chi connectivity index (χ4n) is 3.98. The van der Waals surface area contributed by atoms with Gasteiger partial charge in [0, 0.05) is 36.8 Å². The minimum absolute atomic E-state index is 0.0720. The van der Waals surface area contributed by atoms with Crippen LogP contribution in [0.15, 0.2) is 61.0 Å². The van der Waals surface area contributed by atoms with Crippen LogP contribution < -0.4 is 5.32 Å². The number of amides is 1. The van der Waals surface area contributed by atoms with Crippen LogP contribution in [0.1, 0.15) is 37.9 Å². The fourth-order valence-corrected chi connectivity index (χ4v) is 3.98. The minimum atomic E-state index is -4.26. The first-order valence-electron chi connectivity index (χ1n) is 10.8. The van der Waals surface area contributed by atoms with Crippen LogP contribution in [0, 0.1) is 0 Å². The predicted molar refractivity (Wildman–Crippen MR) is 122 cm³/mol. The van der Waals surface area contributed by atoms with Gasteiger partial charge in [0.25, 0.3) is 0 Å². The summed E-state index contributed by atoms with van der Waals surface area (Å²) in [5.41, 5.74) is 0.920. The second-order valence-corrected chi connectivity index (χ2v) is 8.31. The maximum absolute atomic E-state index is 13.3. The smallest absolute Gasteiger partial charge is 0.309 e. The van der Waals surface area contributed by atoms with Gasteiger partial charge in [-0.2, -0.15) is 13.2 Å². The van der Waals surface area contributed by atoms with Gasteiger partial charge in [0.05, 0.1) is 11.5 Å². The second kappa shape index (κ2) is 9.05. The lowest BCUT2D eigenvalue weighted by Gasteiger charge is -2.23. The third-order valence-electron chi connectivity index (χ3n) is 5.85. The van der Waals surface area contributed by atoms with E-state index in [-0.39, 0.29) is 30.4 Å². The van der Waals surface area contributed by atoms with Crippen LogP contribution in [-0.2, 0) is 16.6 Å². The molecular weight excluding hydrogens is 464 g/mol. The molecule has 4 rings (SSSR count). The average molecular weight is 486 g/mol. The van der Waals surface area contributed by atoms with Crippen molar-refractivity contribution in [1.29, 1.82) is 0 Å². The molecule has 1 amide bonds. The first-order chi connectivity index (χ1) is 16.5. The van der Waals surface area contributed by atoms with E-state index in [1.807, 2.05) is 0 Å². The number of hydrogen-bond acceptors (Lipinski definition) is 5. The summed E-state index contributed by atoms with van der Waals surface area (Å²) in [6, 6.07) is 0. The van der Waals surface area contributed by atoms with E-state index in [2.05, 4.69) is 31.8 Å². The van der Waals surface area contributed by atoms with E-state index in [1.165, 1.54) is 37.5 Å². The van der Waals surface area contributed by atoms with Gasteiger partial charge in [0.2, 0.25) is 5.91 Å². The number of aryl methyl sites for hydroxylation is 1. The first-order valence-corrected chi connectivity index (χ1v) is 10.8. The van der Waals surface area contributed by atoms with Gasteiger partial charge in [-0.05, 0) is 38.3 Å². The Kier molecular flexibility index (Phi) is 6.27. The number of hydrogen-bond donors (Lipinski definition) is 1. The number of aromatic nitrogens is 5. The number of fused-ring (bicyclic) bond motifs is 2. The summed E-state index contributed by atoms with van der Waals surface area (Å²) >= 11 is 0. The third kappa shape index (κ3) is 4.71. The highest BCUT2D eigenvalue weighted by atomic mass is 19.4. The number of rotatable bonds is 7. The topological polar surface area (TPSA) is 85.1 Å². The van der Waals surface area contributed by atoms with Gasteiger partial charge < -0.3 is 9.72 Å². The van der Waals surface area contributed by atoms with Gasteiger partial charge in [-0.3, -0.25) is 4.79 Å². The number of nitrogens with zero attached hydrogens (tertiary/aromatic N) is 5. The summed E-state index contributed by atoms with van der Waals surface area (Å²) in [5, 5.41) is 2.73. The Labute approximate surface area is 198 Å². The van der Waals surface area contributed by atoms with Gasteiger partial charge in [0.15, 0.2) is 11.5 Å². The quantitative estimate of drug-likeness (QED) is 0.364. The first kappa shape index (κ1) is 24.2. The van der Waals surface area contributed by atoms with E-state index in [0.717, 1.165) is 0 Å². The molecule has 11 heteroatoms. The van der Waals surface area contributed by atoms with Crippen molar-refractivity contribution in [2.24, 2.45) is 0 Å². The molecule has 0 bridgehead atoms. The molecule has 1 unspecified atom stereocenters. The van der Waals surface area contributed by atoms with E-state index >= 15 is 0 Å². The molecule has 0 radical (unpaired) electrons. The zero-order valence-corrected chi connectivity index (χ0v) is 19.0. The highest BCUT2D eigenvalue weighted by Crippen LogP contribution is 2.42. The zero-order valence-electron chi connectivity index (χ0n) is 19.0. The van der Waals surface area contributed by atoms with Gasteiger partial charge in [-0.25, -0.2) is 24.3 Å². The summed E-state index contributed by atoms with van der Waals surface area (Å²) in [7, 11) is 0. The number of carbonyl (C=O) groups is 1. The van der Waals surface area contributed by atoms with Crippen LogP contribution >= 0.6 is 0 Å². The largest absolute Gasteiger partial charge is 0.389 e. The molecule has 3 aromatic rings. The fraction of sp³-hybridized carbons (Fsp3) is 0.292. The van der Waals surface area contributed by atoms with Crippen molar-refractivity contribution in [3.05, 3.63) is 72.3 Å². The second-order valence-electron chi connectivity index (χ2n) is 8.31. The van der Waals surface area contributed by atoms with E-state index in [1.54, 1.807) is 23.7 Å². The van der Waals surface area contributed by atoms with Gasteiger partial charge in [-0.1, -0.05) is 18.7 Å². The molecule has 35 heavy (non-hydrogen) atoms. The number of halogens is 4. The maximum atomic E-state index is 13.3. The molecule has 182 valence electrons. The number of carbonyl (C=O) groups excluding carboxylic acids is 1. The van der Waals surface area contributed by atoms with Crippen molar-refractivity contribution in [2.75, 3.05) is 5.32 Å². The van der Waals surface area contributed by atoms with Gasteiger partial charge >= 0.3 is 6.18 Å². The molecule has 0 fully saturated rings. The monoisotopic (exact) mass is 486 g/mol. The highest BCUT2D eigenvalue weighted by Gasteiger charge is 2.46. The van der Waals surface area contributed by atoms with Crippen molar-refractivity contribution in [3.63, 3.8) is 0 Å². The molecule has 4 heterocycles. The molecule has 0 spiro atoms. The normalized spacial score (nSPS) is 18.6. The van der Waals surface area contributed by atoms with Crippen LogP contribution in [0.5, 0.6) is 0 Å². The predicted octanol–water partition coefficient (Wildman–Crippen LogP) is 5.27. The Morgan fingerprint density at radius 2 is 2.03 bits per heavy atom. The summed E-state index contributed by atoms with van der Waals surface area (Å²) in [5.74, 6) is -0.349. The lowest BCUT2D eigenvalue weighted by Crippen LogP contribution is -2.32. The van der Waals surface area contributed by atoms with Crippen LogP contribution in [0.3, 0.4) is 0 Å². The third-order valence-corrected chi connectivity index (χ3v) is 5.85. The Bertz CT molecular complexity index is 1370. The van der Waals surface area contributed by atoms with Crippen LogP contribution in [0.2, 0.25) is 0 Å². The molecule has 1 N–H and O–H groups in total. The summed E-state index contributed by atoms with van der Waals surface area (Å²) in [6.07, 6.45) is 5.25. The van der Waals surface area contributed by atoms with E-state index in [0.29, 0.717) is 28.2 Å². The molecular formula is C24H22F4N6O. The standard InChI is InChI=1S/C24H22F4N6O/c1-4-15(8-7-14(2)25)23(3)16-12-30-20(32-19(16)33-22(23)35)18-13-34-11-10-29-21(34)17(31-18)6-5-9-24(26,27)28/h4,7-8,10-13H,1,5-6,9H2,2-3H3,(H,30,32,33,35)/b14-7+,15-8+. The van der Waals surface area contributed by atoms with Crippen LogP contribution in [0.25, 0.3) is 17.2 Å². The van der Waals surface area contributed by atoms with Crippen LogP contribution in [0.4, 0.5) is 23.4 Å². The number of allylic oxidation sites excluding steroid dienone is 4. The van der Waals surface area contributed by atoms with E-state index in [9.17, 15) is 22.4 Å². The Morgan fingerprint density at radius 3 is 2.71 bits per heavy atom. The summed E-state index contributed by atoms with van der Waals surface area (Å²) in [6.45, 7) is 6.70. The molecule has 0 saturated carbocycles. The van der Waals surface area contributed by atoms with Crippen molar-refractivity contribution in [2.45, 2.75) is 44.7 Å². The molecule has 0 saturated heterocycles. The highest BCUT2D eigenvalue weighted by molar-refractivity contribution is 6.07. The molecule has 1 aliphatic heterocycles. The minimum Gasteiger partial charge on any atom is -0.309 e. The molecule has 7 nitrogen and oxygen atoms in total. The molecule has 1 atom stereocenters. The lowest BCUT2D eigenvalue weighted by molar-refractivity contribution is -0.135.